The summed E-state index contributed by atoms with van der Waals surface area (Å²) in [4.78, 5) is 233. The van der Waals surface area contributed by atoms with E-state index in [2.05, 4.69) is 21.3 Å². The van der Waals surface area contributed by atoms with Gasteiger partial charge in [0, 0.05) is 135 Å². The summed E-state index contributed by atoms with van der Waals surface area (Å²) < 4.78 is 79.1. The number of amides is 3. The third kappa shape index (κ3) is 32.5. The number of nitrogens with one attached hydrogen (secondary N) is 4. The summed E-state index contributed by atoms with van der Waals surface area (Å²) in [5.74, 6) is -22.1. The Balaban J connectivity index is 8.92. The molecule has 12 unspecified atom stereocenters. The molecule has 0 aliphatic rings. The van der Waals surface area contributed by atoms with Crippen LogP contribution in [0.1, 0.15) is 104 Å². The van der Waals surface area contributed by atoms with Gasteiger partial charge in [-0.05, 0) is 7.05 Å². The van der Waals surface area contributed by atoms with Crippen LogP contribution in [0.25, 0.3) is 0 Å². The highest BCUT2D eigenvalue weighted by Crippen LogP contribution is 2.26. The first kappa shape index (κ1) is 81.4. The largest absolute Gasteiger partial charge is 0.462 e. The van der Waals surface area contributed by atoms with Gasteiger partial charge in [-0.15, -0.1) is 0 Å². The van der Waals surface area contributed by atoms with Crippen molar-refractivity contribution in [1.29, 1.82) is 0 Å². The molecule has 0 saturated heterocycles. The van der Waals surface area contributed by atoms with Gasteiger partial charge < -0.3 is 92.3 Å². The minimum Gasteiger partial charge on any atom is -0.462 e. The summed E-state index contributed by atoms with van der Waals surface area (Å²) in [6.45, 7) is 6.17. The van der Waals surface area contributed by atoms with Crippen LogP contribution < -0.4 is 21.3 Å². The summed E-state index contributed by atoms with van der Waals surface area (Å²) >= 11 is 0. The molecular formula is C54H78N4O33. The zero-order chi connectivity index (χ0) is 70.2. The van der Waals surface area contributed by atoms with E-state index < -0.39 is 232 Å². The van der Waals surface area contributed by atoms with Crippen LogP contribution in [-0.4, -0.2) is 234 Å². The van der Waals surface area contributed by atoms with Gasteiger partial charge in [-0.2, -0.15) is 0 Å². The Morgan fingerprint density at radius 2 is 0.440 bits per heavy atom. The van der Waals surface area contributed by atoms with E-state index in [0.29, 0.717) is 0 Å². The minimum atomic E-state index is -2.49. The second kappa shape index (κ2) is 40.1. The van der Waals surface area contributed by atoms with Crippen molar-refractivity contribution in [3.8, 4) is 0 Å². The normalized spacial score (nSPS) is 15.3. The van der Waals surface area contributed by atoms with Crippen molar-refractivity contribution in [3.05, 3.63) is 0 Å². The van der Waals surface area contributed by atoms with E-state index in [1.54, 1.807) is 0 Å². The molecule has 0 spiro atoms. The van der Waals surface area contributed by atoms with Crippen LogP contribution in [0.3, 0.4) is 0 Å². The minimum absolute atomic E-state index is 0.580. The highest BCUT2D eigenvalue weighted by Gasteiger charge is 2.51. The first-order valence-electron chi connectivity index (χ1n) is 27.1. The zero-order valence-corrected chi connectivity index (χ0v) is 52.9. The molecule has 0 heterocycles. The monoisotopic (exact) mass is 1310 g/mol. The van der Waals surface area contributed by atoms with E-state index in [-0.39, 0.29) is 0 Å². The van der Waals surface area contributed by atoms with Gasteiger partial charge in [0.05, 0.1) is 0 Å². The summed E-state index contributed by atoms with van der Waals surface area (Å²) in [5.41, 5.74) is -2.11. The van der Waals surface area contributed by atoms with Gasteiger partial charge in [0.1, 0.15) is 19.8 Å². The summed E-state index contributed by atoms with van der Waals surface area (Å²) in [6.07, 6.45) is -26.8. The Bertz CT molecular complexity index is 2380. The zero-order valence-electron chi connectivity index (χ0n) is 52.9. The number of carbonyl (C=O) groups excluding carboxylic acids is 18. The molecule has 0 aliphatic heterocycles. The Morgan fingerprint density at radius 3 is 0.604 bits per heavy atom. The second-order valence-electron chi connectivity index (χ2n) is 19.6. The van der Waals surface area contributed by atoms with E-state index in [1.165, 1.54) is 7.05 Å². The van der Waals surface area contributed by atoms with Crippen molar-refractivity contribution in [1.82, 2.24) is 21.3 Å². The van der Waals surface area contributed by atoms with Gasteiger partial charge in [0.2, 0.25) is 18.3 Å². The lowest BCUT2D eigenvalue weighted by atomic mass is 9.86. The van der Waals surface area contributed by atoms with Crippen LogP contribution in [0.2, 0.25) is 0 Å². The molecule has 91 heavy (non-hydrogen) atoms. The second-order valence-corrected chi connectivity index (χ2v) is 19.6. The molecule has 37 nitrogen and oxygen atoms in total. The highest BCUT2D eigenvalue weighted by atomic mass is 16.7. The Hall–Kier alpha value is -9.58. The molecule has 0 aromatic carbocycles. The fourth-order valence-corrected chi connectivity index (χ4v) is 8.16. The highest BCUT2D eigenvalue weighted by molar-refractivity contribution is 5.87. The van der Waals surface area contributed by atoms with E-state index in [1.807, 2.05) is 0 Å². The van der Waals surface area contributed by atoms with Gasteiger partial charge in [-0.1, -0.05) is 0 Å². The van der Waals surface area contributed by atoms with Gasteiger partial charge >= 0.3 is 89.5 Å². The van der Waals surface area contributed by atoms with Crippen molar-refractivity contribution >= 4 is 107 Å². The lowest BCUT2D eigenvalue weighted by Gasteiger charge is -2.38. The fraction of sp³-hybridized carbons (Fsp3) is 0.667. The number of ether oxygens (including phenoxy) is 15. The smallest absolute Gasteiger partial charge is 0.303 e. The predicted molar refractivity (Wildman–Crippen MR) is 292 cm³/mol. The first-order valence-corrected chi connectivity index (χ1v) is 27.1. The molecule has 0 aromatic heterocycles. The van der Waals surface area contributed by atoms with Gasteiger partial charge in [0.15, 0.2) is 54.9 Å². The molecule has 0 aliphatic carbocycles. The summed E-state index contributed by atoms with van der Waals surface area (Å²) in [5, 5.41) is 9.87. The van der Waals surface area contributed by atoms with Gasteiger partial charge in [-0.3, -0.25) is 86.3 Å². The van der Waals surface area contributed by atoms with Crippen LogP contribution >= 0.6 is 0 Å². The number of carbonyl (C=O) groups is 18. The fourth-order valence-electron chi connectivity index (χ4n) is 8.16. The maximum Gasteiger partial charge on any atom is 0.303 e. The van der Waals surface area contributed by atoms with E-state index in [0.717, 1.165) is 104 Å². The van der Waals surface area contributed by atoms with Crippen LogP contribution in [0.5, 0.6) is 0 Å². The number of esters is 15. The molecular weight excluding hydrogens is 1230 g/mol. The molecule has 0 rings (SSSR count). The Kier molecular flexibility index (Phi) is 35.9. The van der Waals surface area contributed by atoms with E-state index >= 15 is 0 Å². The molecule has 512 valence electrons. The number of hydrogen-bond donors (Lipinski definition) is 4. The molecule has 0 fully saturated rings. The van der Waals surface area contributed by atoms with Crippen LogP contribution in [0, 0.1) is 5.41 Å². The average molecular weight is 1310 g/mol. The first-order chi connectivity index (χ1) is 42.1. The SMILES string of the molecule is CNCC(CNC(=O)C(OC(C)=O)C(OC(C)=O)C(OC(C)=O)C(COC(C)=O)OC(C)=O)(CNC(=O)C(OC(C)=O)C(OC(C)=O)C(OC(C)=O)C(COC(C)=O)OC(C)=O)CNC(=O)C(OC(C)=O)C(OC(C)=O)C(OC(C)=O)C(COC(C)=O)OC(C)=O. The standard InChI is InChI=1S/C54H78N4O33/c1-24(59)77-17-39(80-27(4)62)42(83-30(7)65)45(86-33(10)68)48(89-36(13)71)51(74)56-21-54(20-55-16,22-57-52(75)49(90-37(14)72)46(87-34(11)69)43(84-31(8)66)40(81-28(5)63)18-78-25(2)60)23-58-53(76)50(91-38(15)73)47(88-35(12)70)44(85-32(9)67)41(82-29(6)64)19-79-26(3)61/h39-50,55H,17-23H2,1-16H3,(H,56,74)(H,57,75)(H,58,76). The lowest BCUT2D eigenvalue weighted by Crippen LogP contribution is -2.62. The molecule has 12 atom stereocenters. The molecule has 0 saturated carbocycles. The maximum atomic E-state index is 14.8. The van der Waals surface area contributed by atoms with Crippen molar-refractivity contribution in [2.75, 3.05) is 53.0 Å². The van der Waals surface area contributed by atoms with Crippen molar-refractivity contribution in [2.45, 2.75) is 177 Å². The maximum absolute atomic E-state index is 14.8. The molecule has 0 radical (unpaired) electrons. The van der Waals surface area contributed by atoms with Gasteiger partial charge in [0.25, 0.3) is 17.7 Å². The summed E-state index contributed by atoms with van der Waals surface area (Å²) in [6, 6.07) is 0. The van der Waals surface area contributed by atoms with Crippen molar-refractivity contribution < 1.29 is 157 Å². The number of hydrogen-bond acceptors (Lipinski definition) is 34. The van der Waals surface area contributed by atoms with Crippen LogP contribution in [0.15, 0.2) is 0 Å². The molecule has 0 bridgehead atoms. The van der Waals surface area contributed by atoms with Crippen LogP contribution in [0.4, 0.5) is 0 Å². The van der Waals surface area contributed by atoms with Crippen molar-refractivity contribution in [3.63, 3.8) is 0 Å². The third-order valence-electron chi connectivity index (χ3n) is 11.2. The Morgan fingerprint density at radius 1 is 0.253 bits per heavy atom. The molecule has 3 amide bonds. The predicted octanol–water partition coefficient (Wildman–Crippen LogP) is -3.59. The van der Waals surface area contributed by atoms with Crippen molar-refractivity contribution in [2.24, 2.45) is 5.41 Å². The Labute approximate surface area is 520 Å². The average Bonchev–Trinajstić information content (AvgIpc) is 1.07. The molecule has 0 aromatic rings. The quantitative estimate of drug-likeness (QED) is 0.0343. The van der Waals surface area contributed by atoms with E-state index in [9.17, 15) is 86.3 Å². The lowest BCUT2D eigenvalue weighted by molar-refractivity contribution is -0.203. The summed E-state index contributed by atoms with van der Waals surface area (Å²) in [7, 11) is 1.27. The molecule has 4 N–H and O–H groups in total. The topological polar surface area (TPSA) is 494 Å². The molecule has 37 heteroatoms. The number of rotatable bonds is 38. The van der Waals surface area contributed by atoms with Gasteiger partial charge in [-0.25, -0.2) is 0 Å². The van der Waals surface area contributed by atoms with E-state index in [4.69, 9.17) is 71.1 Å². The third-order valence-corrected chi connectivity index (χ3v) is 11.2. The van der Waals surface area contributed by atoms with Crippen LogP contribution in [-0.2, 0) is 157 Å².